The Morgan fingerprint density at radius 3 is 2.83 bits per heavy atom. The number of carbonyl (C=O) groups excluding carboxylic acids is 1. The number of hydrogen-bond acceptors (Lipinski definition) is 4. The number of carbonyl (C=O) groups is 1. The van der Waals surface area contributed by atoms with E-state index in [9.17, 15) is 4.79 Å². The molecule has 1 N–H and O–H groups in total. The number of amides is 1. The van der Waals surface area contributed by atoms with E-state index in [0.717, 1.165) is 49.4 Å². The Hall–Kier alpha value is -1.91. The Morgan fingerprint density at radius 1 is 1.42 bits per heavy atom. The number of rotatable bonds is 5. The highest BCUT2D eigenvalue weighted by atomic mass is 31.1. The van der Waals surface area contributed by atoms with Gasteiger partial charge in [-0.05, 0) is 28.5 Å². The molecule has 1 saturated heterocycles. The fraction of sp³-hybridized carbons (Fsp3) is 0.412. The molecule has 1 aromatic heterocycles. The second-order valence-electron chi connectivity index (χ2n) is 5.89. The van der Waals surface area contributed by atoms with Gasteiger partial charge in [0.15, 0.2) is 0 Å². The molecule has 0 saturated carbocycles. The van der Waals surface area contributed by atoms with Crippen LogP contribution in [-0.2, 0) is 4.79 Å². The van der Waals surface area contributed by atoms with Gasteiger partial charge in [0.2, 0.25) is 6.41 Å². The van der Waals surface area contributed by atoms with E-state index in [1.165, 1.54) is 0 Å². The number of aromatic nitrogens is 2. The zero-order valence-corrected chi connectivity index (χ0v) is 15.1. The lowest BCUT2D eigenvalue weighted by Gasteiger charge is -2.35. The van der Waals surface area contributed by atoms with Crippen LogP contribution >= 0.6 is 8.58 Å². The van der Waals surface area contributed by atoms with Gasteiger partial charge in [-0.2, -0.15) is 0 Å². The minimum atomic E-state index is 0.0584. The highest BCUT2D eigenvalue weighted by Crippen LogP contribution is 2.37. The maximum atomic E-state index is 11.6. The third-order valence-electron chi connectivity index (χ3n) is 4.21. The van der Waals surface area contributed by atoms with Crippen molar-refractivity contribution in [3.05, 3.63) is 48.3 Å². The van der Waals surface area contributed by atoms with Crippen LogP contribution in [0.2, 0.25) is 0 Å². The number of hydrogen-bond donors (Lipinski definition) is 1. The Bertz CT molecular complexity index is 672. The SMILES string of the molecule is C/C=C(\PC1C=CC(N2CCNCC2)=CN1C=O)n1cnc(C)c1. The highest BCUT2D eigenvalue weighted by molar-refractivity contribution is 7.50. The van der Waals surface area contributed by atoms with Gasteiger partial charge in [-0.1, -0.05) is 12.2 Å². The second kappa shape index (κ2) is 7.77. The number of nitrogens with one attached hydrogen (secondary N) is 1. The van der Waals surface area contributed by atoms with Crippen molar-refractivity contribution in [1.29, 1.82) is 0 Å². The maximum Gasteiger partial charge on any atom is 0.214 e. The quantitative estimate of drug-likeness (QED) is 0.653. The topological polar surface area (TPSA) is 53.4 Å². The first kappa shape index (κ1) is 16.9. The second-order valence-corrected chi connectivity index (χ2v) is 7.28. The van der Waals surface area contributed by atoms with Crippen molar-refractivity contribution < 1.29 is 4.79 Å². The van der Waals surface area contributed by atoms with Gasteiger partial charge in [-0.3, -0.25) is 4.79 Å². The minimum absolute atomic E-state index is 0.0584. The third kappa shape index (κ3) is 3.77. The van der Waals surface area contributed by atoms with Gasteiger partial charge in [0.05, 0.1) is 23.5 Å². The summed E-state index contributed by atoms with van der Waals surface area (Å²) in [5, 5.41) is 3.35. The van der Waals surface area contributed by atoms with Crippen LogP contribution in [0.5, 0.6) is 0 Å². The summed E-state index contributed by atoms with van der Waals surface area (Å²) in [5.41, 5.74) is 3.27. The molecule has 128 valence electrons. The van der Waals surface area contributed by atoms with Crippen molar-refractivity contribution in [2.24, 2.45) is 0 Å². The van der Waals surface area contributed by atoms with E-state index in [1.54, 1.807) is 4.90 Å². The minimum Gasteiger partial charge on any atom is -0.368 e. The van der Waals surface area contributed by atoms with E-state index in [1.807, 2.05) is 37.1 Å². The highest BCUT2D eigenvalue weighted by Gasteiger charge is 2.21. The van der Waals surface area contributed by atoms with Crippen LogP contribution in [0.15, 0.2) is 42.6 Å². The average Bonchev–Trinajstić information content (AvgIpc) is 3.06. The molecule has 2 aliphatic rings. The molecule has 0 aromatic carbocycles. The summed E-state index contributed by atoms with van der Waals surface area (Å²) in [7, 11) is 0.466. The largest absolute Gasteiger partial charge is 0.368 e. The Balaban J connectivity index is 1.72. The molecule has 24 heavy (non-hydrogen) atoms. The van der Waals surface area contributed by atoms with E-state index in [-0.39, 0.29) is 5.78 Å². The summed E-state index contributed by atoms with van der Waals surface area (Å²) in [6.45, 7) is 7.93. The number of piperazine rings is 1. The van der Waals surface area contributed by atoms with Crippen LogP contribution in [0.25, 0.3) is 5.44 Å². The predicted molar refractivity (Wildman–Crippen MR) is 98.6 cm³/mol. The summed E-state index contributed by atoms with van der Waals surface area (Å²) < 4.78 is 2.04. The summed E-state index contributed by atoms with van der Waals surface area (Å²) in [6, 6.07) is 0. The van der Waals surface area contributed by atoms with Gasteiger partial charge >= 0.3 is 0 Å². The molecule has 2 atom stereocenters. The van der Waals surface area contributed by atoms with Gasteiger partial charge in [-0.25, -0.2) is 4.98 Å². The van der Waals surface area contributed by atoms with Gasteiger partial charge in [0, 0.05) is 44.0 Å². The van der Waals surface area contributed by atoms with Gasteiger partial charge in [-0.15, -0.1) is 0 Å². The average molecular weight is 345 g/mol. The predicted octanol–water partition coefficient (Wildman–Crippen LogP) is 1.79. The van der Waals surface area contributed by atoms with Crippen LogP contribution in [-0.4, -0.2) is 57.7 Å². The van der Waals surface area contributed by atoms with E-state index in [0.29, 0.717) is 8.58 Å². The summed E-state index contributed by atoms with van der Waals surface area (Å²) in [5.74, 6) is 0.0584. The summed E-state index contributed by atoms with van der Waals surface area (Å²) in [6.07, 6.45) is 13.1. The first-order valence-corrected chi connectivity index (χ1v) is 9.31. The fourth-order valence-electron chi connectivity index (χ4n) is 2.91. The van der Waals surface area contributed by atoms with Crippen molar-refractivity contribution in [3.8, 4) is 0 Å². The molecule has 0 spiro atoms. The molecule has 0 radical (unpaired) electrons. The van der Waals surface area contributed by atoms with Crippen LogP contribution in [0.4, 0.5) is 0 Å². The maximum absolute atomic E-state index is 11.6. The number of imidazole rings is 1. The molecule has 2 unspecified atom stereocenters. The molecular formula is C17H24N5OP. The number of allylic oxidation sites excluding steroid dienone is 2. The zero-order chi connectivity index (χ0) is 16.9. The van der Waals surface area contributed by atoms with Crippen molar-refractivity contribution in [3.63, 3.8) is 0 Å². The molecule has 3 rings (SSSR count). The normalized spacial score (nSPS) is 22.3. The van der Waals surface area contributed by atoms with E-state index in [2.05, 4.69) is 33.4 Å². The molecule has 1 fully saturated rings. The van der Waals surface area contributed by atoms with Crippen molar-refractivity contribution in [1.82, 2.24) is 24.7 Å². The first-order valence-electron chi connectivity index (χ1n) is 8.23. The van der Waals surface area contributed by atoms with Gasteiger partial charge in [0.1, 0.15) is 0 Å². The van der Waals surface area contributed by atoms with Crippen molar-refractivity contribution in [2.75, 3.05) is 26.2 Å². The van der Waals surface area contributed by atoms with E-state index >= 15 is 0 Å². The van der Waals surface area contributed by atoms with E-state index in [4.69, 9.17) is 0 Å². The van der Waals surface area contributed by atoms with E-state index < -0.39 is 0 Å². The van der Waals surface area contributed by atoms with Crippen molar-refractivity contribution in [2.45, 2.75) is 19.6 Å². The van der Waals surface area contributed by atoms with Crippen LogP contribution in [0.1, 0.15) is 12.6 Å². The van der Waals surface area contributed by atoms with Crippen LogP contribution in [0.3, 0.4) is 0 Å². The lowest BCUT2D eigenvalue weighted by atomic mass is 10.2. The molecule has 0 aliphatic carbocycles. The van der Waals surface area contributed by atoms with Crippen LogP contribution in [0, 0.1) is 6.92 Å². The molecule has 3 heterocycles. The smallest absolute Gasteiger partial charge is 0.214 e. The zero-order valence-electron chi connectivity index (χ0n) is 14.1. The lowest BCUT2D eigenvalue weighted by molar-refractivity contribution is -0.116. The molecule has 6 nitrogen and oxygen atoms in total. The standard InChI is InChI=1S/C17H24N5OP/c1-3-16(21-10-14(2)19-12-21)24-17-5-4-15(11-22(17)13-23)20-8-6-18-7-9-20/h3-5,10-13,17-18,24H,6-9H2,1-2H3/b16-3-. The lowest BCUT2D eigenvalue weighted by Crippen LogP contribution is -2.43. The molecule has 7 heteroatoms. The molecular weight excluding hydrogens is 321 g/mol. The Morgan fingerprint density at radius 2 is 2.21 bits per heavy atom. The molecule has 0 bridgehead atoms. The molecule has 1 aromatic rings. The first-order chi connectivity index (χ1) is 11.7. The number of nitrogens with zero attached hydrogens (tertiary/aromatic N) is 4. The Labute approximate surface area is 144 Å². The monoisotopic (exact) mass is 345 g/mol. The molecule has 1 amide bonds. The fourth-order valence-corrected chi connectivity index (χ4v) is 4.12. The number of aryl methyl sites for hydroxylation is 1. The van der Waals surface area contributed by atoms with Gasteiger partial charge in [0.25, 0.3) is 0 Å². The van der Waals surface area contributed by atoms with Gasteiger partial charge < -0.3 is 19.7 Å². The van der Waals surface area contributed by atoms with Crippen molar-refractivity contribution >= 4 is 20.4 Å². The third-order valence-corrected chi connectivity index (χ3v) is 5.84. The summed E-state index contributed by atoms with van der Waals surface area (Å²) in [4.78, 5) is 20.0. The Kier molecular flexibility index (Phi) is 5.48. The summed E-state index contributed by atoms with van der Waals surface area (Å²) >= 11 is 0. The van der Waals surface area contributed by atoms with Crippen LogP contribution < -0.4 is 5.32 Å². The molecule has 2 aliphatic heterocycles.